The zero-order valence-corrected chi connectivity index (χ0v) is 8.00. The average Bonchev–Trinajstić information content (AvgIpc) is 2.01. The molecule has 78 valence electrons. The fourth-order valence-electron chi connectivity index (χ4n) is 1.18. The molecule has 0 saturated carbocycles. The Labute approximate surface area is 81.1 Å². The fraction of sp³-hybridized carbons (Fsp3) is 0.400. The van der Waals surface area contributed by atoms with Crippen molar-refractivity contribution in [3.05, 3.63) is 29.3 Å². The molecule has 4 heteroatoms. The van der Waals surface area contributed by atoms with Crippen LogP contribution in [-0.4, -0.2) is 11.7 Å². The minimum Gasteiger partial charge on any atom is -0.434 e. The van der Waals surface area contributed by atoms with Crippen molar-refractivity contribution in [3.63, 3.8) is 0 Å². The lowest BCUT2D eigenvalue weighted by atomic mass is 10.1. The first-order valence-corrected chi connectivity index (χ1v) is 4.24. The molecule has 1 aromatic carbocycles. The molecule has 0 spiro atoms. The van der Waals surface area contributed by atoms with Crippen LogP contribution in [0.4, 0.5) is 8.78 Å². The Morgan fingerprint density at radius 3 is 2.50 bits per heavy atom. The maximum absolute atomic E-state index is 12.0. The van der Waals surface area contributed by atoms with Gasteiger partial charge in [-0.3, -0.25) is 0 Å². The van der Waals surface area contributed by atoms with Gasteiger partial charge in [-0.05, 0) is 25.5 Å². The lowest BCUT2D eigenvalue weighted by Crippen LogP contribution is -2.06. The van der Waals surface area contributed by atoms with Gasteiger partial charge in [-0.15, -0.1) is 0 Å². The first-order valence-electron chi connectivity index (χ1n) is 4.24. The summed E-state index contributed by atoms with van der Waals surface area (Å²) in [5.41, 5.74) is 1.18. The minimum absolute atomic E-state index is 0.0370. The summed E-state index contributed by atoms with van der Waals surface area (Å²) in [5.74, 6) is 0.0370. The molecule has 1 rings (SSSR count). The molecule has 0 fully saturated rings. The Kier molecular flexibility index (Phi) is 3.41. The Balaban J connectivity index is 3.03. The zero-order valence-electron chi connectivity index (χ0n) is 8.00. The number of alkyl halides is 2. The van der Waals surface area contributed by atoms with Gasteiger partial charge in [0.25, 0.3) is 0 Å². The van der Waals surface area contributed by atoms with E-state index in [4.69, 9.17) is 0 Å². The molecule has 0 aliphatic carbocycles. The maximum Gasteiger partial charge on any atom is 0.387 e. The highest BCUT2D eigenvalue weighted by Crippen LogP contribution is 2.27. The van der Waals surface area contributed by atoms with E-state index in [1.165, 1.54) is 13.0 Å². The number of halogens is 2. The Bertz CT molecular complexity index is 311. The standard InChI is InChI=1S/C10H12F2O2/c1-6-3-4-8(7(2)13)9(5-6)14-10(11)12/h3-5,7,10,13H,1-2H3. The topological polar surface area (TPSA) is 29.5 Å². The number of aliphatic hydroxyl groups is 1. The summed E-state index contributed by atoms with van der Waals surface area (Å²) in [6, 6.07) is 4.80. The summed E-state index contributed by atoms with van der Waals surface area (Å²) in [4.78, 5) is 0. The second kappa shape index (κ2) is 4.37. The monoisotopic (exact) mass is 202 g/mol. The Morgan fingerprint density at radius 2 is 2.00 bits per heavy atom. The van der Waals surface area contributed by atoms with E-state index >= 15 is 0 Å². The quantitative estimate of drug-likeness (QED) is 0.816. The normalized spacial score (nSPS) is 13.0. The van der Waals surface area contributed by atoms with E-state index in [0.717, 1.165) is 5.56 Å². The van der Waals surface area contributed by atoms with Crippen molar-refractivity contribution in [1.82, 2.24) is 0 Å². The smallest absolute Gasteiger partial charge is 0.387 e. The van der Waals surface area contributed by atoms with E-state index in [-0.39, 0.29) is 5.75 Å². The lowest BCUT2D eigenvalue weighted by Gasteiger charge is -2.13. The molecule has 1 atom stereocenters. The molecule has 0 heterocycles. The highest BCUT2D eigenvalue weighted by molar-refractivity contribution is 5.38. The van der Waals surface area contributed by atoms with Gasteiger partial charge in [0.1, 0.15) is 5.75 Å². The van der Waals surface area contributed by atoms with Crippen LogP contribution in [-0.2, 0) is 0 Å². The van der Waals surface area contributed by atoms with Crippen molar-refractivity contribution in [2.24, 2.45) is 0 Å². The number of benzene rings is 1. The zero-order chi connectivity index (χ0) is 10.7. The van der Waals surface area contributed by atoms with Crippen molar-refractivity contribution >= 4 is 0 Å². The van der Waals surface area contributed by atoms with Gasteiger partial charge in [0.15, 0.2) is 0 Å². The molecule has 0 bridgehead atoms. The van der Waals surface area contributed by atoms with Crippen LogP contribution in [0, 0.1) is 6.92 Å². The molecule has 14 heavy (non-hydrogen) atoms. The first kappa shape index (κ1) is 10.9. The van der Waals surface area contributed by atoms with Crippen LogP contribution >= 0.6 is 0 Å². The van der Waals surface area contributed by atoms with Gasteiger partial charge in [0.2, 0.25) is 0 Å². The molecule has 0 radical (unpaired) electrons. The van der Waals surface area contributed by atoms with Gasteiger partial charge in [-0.1, -0.05) is 12.1 Å². The Hall–Kier alpha value is -1.16. The van der Waals surface area contributed by atoms with Gasteiger partial charge >= 0.3 is 6.61 Å². The molecule has 1 N–H and O–H groups in total. The van der Waals surface area contributed by atoms with Crippen LogP contribution in [0.2, 0.25) is 0 Å². The van der Waals surface area contributed by atoms with Gasteiger partial charge in [0, 0.05) is 5.56 Å². The summed E-state index contributed by atoms with van der Waals surface area (Å²) >= 11 is 0. The summed E-state index contributed by atoms with van der Waals surface area (Å²) in [6.07, 6.45) is -0.815. The highest BCUT2D eigenvalue weighted by atomic mass is 19.3. The second-order valence-corrected chi connectivity index (χ2v) is 3.10. The number of hydrogen-bond acceptors (Lipinski definition) is 2. The second-order valence-electron chi connectivity index (χ2n) is 3.10. The number of aryl methyl sites for hydroxylation is 1. The molecule has 0 saturated heterocycles. The molecule has 0 aromatic heterocycles. The number of hydrogen-bond donors (Lipinski definition) is 1. The molecule has 1 unspecified atom stereocenters. The maximum atomic E-state index is 12.0. The molecular formula is C10H12F2O2. The SMILES string of the molecule is Cc1ccc(C(C)O)c(OC(F)F)c1. The van der Waals surface area contributed by atoms with E-state index < -0.39 is 12.7 Å². The van der Waals surface area contributed by atoms with Crippen LogP contribution in [0.15, 0.2) is 18.2 Å². The fourth-order valence-corrected chi connectivity index (χ4v) is 1.18. The number of aliphatic hydroxyl groups excluding tert-OH is 1. The van der Waals surface area contributed by atoms with Gasteiger partial charge in [-0.2, -0.15) is 8.78 Å². The largest absolute Gasteiger partial charge is 0.434 e. The van der Waals surface area contributed by atoms with Crippen molar-refractivity contribution < 1.29 is 18.6 Å². The summed E-state index contributed by atoms with van der Waals surface area (Å²) in [5, 5.41) is 9.28. The molecule has 2 nitrogen and oxygen atoms in total. The third-order valence-electron chi connectivity index (χ3n) is 1.84. The van der Waals surface area contributed by atoms with E-state index in [1.54, 1.807) is 19.1 Å². The van der Waals surface area contributed by atoms with Gasteiger partial charge < -0.3 is 9.84 Å². The van der Waals surface area contributed by atoms with E-state index in [1.807, 2.05) is 0 Å². The predicted molar refractivity (Wildman–Crippen MR) is 48.4 cm³/mol. The van der Waals surface area contributed by atoms with Gasteiger partial charge in [0.05, 0.1) is 6.10 Å². The number of ether oxygens (including phenoxy) is 1. The summed E-state index contributed by atoms with van der Waals surface area (Å²) in [6.45, 7) is 0.405. The van der Waals surface area contributed by atoms with Crippen molar-refractivity contribution in [2.75, 3.05) is 0 Å². The first-order chi connectivity index (χ1) is 6.50. The summed E-state index contributed by atoms with van der Waals surface area (Å²) < 4.78 is 28.3. The van der Waals surface area contributed by atoms with Crippen molar-refractivity contribution in [3.8, 4) is 5.75 Å². The van der Waals surface area contributed by atoms with Crippen LogP contribution in [0.5, 0.6) is 5.75 Å². The van der Waals surface area contributed by atoms with Crippen LogP contribution in [0.25, 0.3) is 0 Å². The van der Waals surface area contributed by atoms with Crippen LogP contribution in [0.3, 0.4) is 0 Å². The van der Waals surface area contributed by atoms with E-state index in [9.17, 15) is 13.9 Å². The third-order valence-corrected chi connectivity index (χ3v) is 1.84. The van der Waals surface area contributed by atoms with Crippen molar-refractivity contribution in [1.29, 1.82) is 0 Å². The third kappa shape index (κ3) is 2.67. The van der Waals surface area contributed by atoms with Crippen LogP contribution < -0.4 is 4.74 Å². The number of rotatable bonds is 3. The molecule has 0 aliphatic heterocycles. The Morgan fingerprint density at radius 1 is 1.36 bits per heavy atom. The van der Waals surface area contributed by atoms with E-state index in [2.05, 4.69) is 4.74 Å². The average molecular weight is 202 g/mol. The summed E-state index contributed by atoms with van der Waals surface area (Å²) in [7, 11) is 0. The van der Waals surface area contributed by atoms with Crippen LogP contribution in [0.1, 0.15) is 24.2 Å². The molecular weight excluding hydrogens is 190 g/mol. The minimum atomic E-state index is -2.87. The highest BCUT2D eigenvalue weighted by Gasteiger charge is 2.12. The predicted octanol–water partition coefficient (Wildman–Crippen LogP) is 2.65. The van der Waals surface area contributed by atoms with Gasteiger partial charge in [-0.25, -0.2) is 0 Å². The van der Waals surface area contributed by atoms with Crippen molar-refractivity contribution in [2.45, 2.75) is 26.6 Å². The molecule has 0 amide bonds. The molecule has 0 aliphatic rings. The lowest BCUT2D eigenvalue weighted by molar-refractivity contribution is -0.0514. The molecule has 1 aromatic rings. The van der Waals surface area contributed by atoms with E-state index in [0.29, 0.717) is 5.56 Å².